The van der Waals surface area contributed by atoms with E-state index in [0.29, 0.717) is 17.8 Å². The Bertz CT molecular complexity index is 570. The zero-order valence-corrected chi connectivity index (χ0v) is 13.3. The normalized spacial score (nSPS) is 12.5. The summed E-state index contributed by atoms with van der Waals surface area (Å²) in [6, 6.07) is 4.45. The molecule has 0 bridgehead atoms. The summed E-state index contributed by atoms with van der Waals surface area (Å²) in [4.78, 5) is 5.39. The van der Waals surface area contributed by atoms with Gasteiger partial charge in [0.25, 0.3) is 0 Å². The van der Waals surface area contributed by atoms with E-state index in [0.717, 1.165) is 18.4 Å². The van der Waals surface area contributed by atoms with Crippen LogP contribution in [0.4, 0.5) is 0 Å². The number of aryl methyl sites for hydroxylation is 1. The van der Waals surface area contributed by atoms with Crippen LogP contribution in [0, 0.1) is 6.92 Å². The fourth-order valence-electron chi connectivity index (χ4n) is 2.37. The zero-order chi connectivity index (χ0) is 15.2. The third kappa shape index (κ3) is 3.81. The van der Waals surface area contributed by atoms with Crippen molar-refractivity contribution in [2.24, 2.45) is 0 Å². The van der Waals surface area contributed by atoms with E-state index in [1.54, 1.807) is 24.5 Å². The van der Waals surface area contributed by atoms with Gasteiger partial charge in [-0.3, -0.25) is 4.98 Å². The summed E-state index contributed by atoms with van der Waals surface area (Å²) in [6.45, 7) is 4.33. The Morgan fingerprint density at radius 1 is 1.43 bits per heavy atom. The van der Waals surface area contributed by atoms with Crippen molar-refractivity contribution in [3.63, 3.8) is 0 Å². The summed E-state index contributed by atoms with van der Waals surface area (Å²) in [5.41, 5.74) is 2.00. The van der Waals surface area contributed by atoms with Crippen molar-refractivity contribution >= 4 is 11.3 Å². The van der Waals surface area contributed by atoms with E-state index in [4.69, 9.17) is 0 Å². The van der Waals surface area contributed by atoms with Gasteiger partial charge in [0.1, 0.15) is 5.75 Å². The van der Waals surface area contributed by atoms with Crippen LogP contribution in [0.5, 0.6) is 5.75 Å². The molecule has 0 aromatic carbocycles. The number of aliphatic hydroxyl groups excluding tert-OH is 1. The van der Waals surface area contributed by atoms with Crippen LogP contribution in [0.25, 0.3) is 0 Å². The molecular formula is C16H22N2O2S. The molecule has 0 aliphatic carbocycles. The Balaban J connectivity index is 2.16. The largest absolute Gasteiger partial charge is 0.506 e. The summed E-state index contributed by atoms with van der Waals surface area (Å²) in [6.07, 6.45) is 3.76. The van der Waals surface area contributed by atoms with Gasteiger partial charge >= 0.3 is 0 Å². The predicted molar refractivity (Wildman–Crippen MR) is 85.4 cm³/mol. The van der Waals surface area contributed by atoms with Gasteiger partial charge in [-0.2, -0.15) is 0 Å². The van der Waals surface area contributed by atoms with Crippen LogP contribution in [0.15, 0.2) is 23.7 Å². The number of hydrogen-bond donors (Lipinski definition) is 3. The van der Waals surface area contributed by atoms with Crippen LogP contribution in [-0.4, -0.2) is 15.2 Å². The first-order valence-corrected chi connectivity index (χ1v) is 8.09. The molecule has 0 saturated heterocycles. The third-order valence-corrected chi connectivity index (χ3v) is 4.58. The molecule has 3 N–H and O–H groups in total. The van der Waals surface area contributed by atoms with Crippen LogP contribution >= 0.6 is 11.3 Å². The van der Waals surface area contributed by atoms with Gasteiger partial charge in [0.15, 0.2) is 0 Å². The van der Waals surface area contributed by atoms with E-state index in [-0.39, 0.29) is 18.4 Å². The zero-order valence-electron chi connectivity index (χ0n) is 12.5. The number of nitrogens with zero attached hydrogens (tertiary/aromatic N) is 1. The molecule has 0 amide bonds. The second kappa shape index (κ2) is 7.54. The van der Waals surface area contributed by atoms with Gasteiger partial charge in [0.05, 0.1) is 12.3 Å². The number of hydrogen-bond acceptors (Lipinski definition) is 5. The third-order valence-electron chi connectivity index (χ3n) is 3.59. The Hall–Kier alpha value is -1.43. The lowest BCUT2D eigenvalue weighted by molar-refractivity contribution is 0.278. The topological polar surface area (TPSA) is 65.4 Å². The van der Waals surface area contributed by atoms with E-state index in [9.17, 15) is 10.2 Å². The highest BCUT2D eigenvalue weighted by atomic mass is 32.1. The van der Waals surface area contributed by atoms with E-state index in [1.165, 1.54) is 4.88 Å². The fraction of sp³-hybridized carbons (Fsp3) is 0.438. The average molecular weight is 306 g/mol. The molecule has 2 heterocycles. The predicted octanol–water partition coefficient (Wildman–Crippen LogP) is 3.28. The lowest BCUT2D eigenvalue weighted by atomic mass is 10.1. The molecule has 1 unspecified atom stereocenters. The second-order valence-electron chi connectivity index (χ2n) is 5.09. The summed E-state index contributed by atoms with van der Waals surface area (Å²) in [7, 11) is 0. The van der Waals surface area contributed by atoms with Gasteiger partial charge in [0.2, 0.25) is 0 Å². The molecule has 0 spiro atoms. The molecular weight excluding hydrogens is 284 g/mol. The Morgan fingerprint density at radius 2 is 2.24 bits per heavy atom. The molecule has 0 aliphatic heterocycles. The van der Waals surface area contributed by atoms with E-state index >= 15 is 0 Å². The van der Waals surface area contributed by atoms with Crippen molar-refractivity contribution < 1.29 is 10.2 Å². The SMILES string of the molecule is CCCC(NCc1c(CO)cnc(C)c1O)c1cccs1. The molecule has 0 fully saturated rings. The standard InChI is InChI=1S/C16H22N2O2S/c1-3-5-14(15-6-4-7-21-15)18-9-13-12(10-19)8-17-11(2)16(13)20/h4,6-8,14,18-20H,3,5,9-10H2,1-2H3. The Kier molecular flexibility index (Phi) is 5.73. The molecule has 2 rings (SSSR count). The first kappa shape index (κ1) is 15.9. The molecule has 0 aliphatic rings. The van der Waals surface area contributed by atoms with E-state index in [1.807, 2.05) is 0 Å². The minimum Gasteiger partial charge on any atom is -0.506 e. The quantitative estimate of drug-likeness (QED) is 0.734. The monoisotopic (exact) mass is 306 g/mol. The molecule has 2 aromatic rings. The number of rotatable bonds is 7. The maximum atomic E-state index is 10.2. The fourth-order valence-corrected chi connectivity index (χ4v) is 3.20. The number of aliphatic hydroxyl groups is 1. The first-order valence-electron chi connectivity index (χ1n) is 7.21. The molecule has 21 heavy (non-hydrogen) atoms. The molecule has 2 aromatic heterocycles. The first-order chi connectivity index (χ1) is 10.2. The smallest absolute Gasteiger partial charge is 0.141 e. The maximum Gasteiger partial charge on any atom is 0.141 e. The van der Waals surface area contributed by atoms with Crippen molar-refractivity contribution in [1.82, 2.24) is 10.3 Å². The highest BCUT2D eigenvalue weighted by molar-refractivity contribution is 7.10. The highest BCUT2D eigenvalue weighted by Gasteiger charge is 2.15. The molecule has 0 radical (unpaired) electrons. The number of nitrogens with one attached hydrogen (secondary N) is 1. The number of thiophene rings is 1. The van der Waals surface area contributed by atoms with Gasteiger partial charge in [-0.25, -0.2) is 0 Å². The van der Waals surface area contributed by atoms with Crippen molar-refractivity contribution in [3.05, 3.63) is 45.4 Å². The highest BCUT2D eigenvalue weighted by Crippen LogP contribution is 2.27. The second-order valence-corrected chi connectivity index (χ2v) is 6.07. The minimum absolute atomic E-state index is 0.116. The van der Waals surface area contributed by atoms with Gasteiger partial charge in [-0.1, -0.05) is 19.4 Å². The average Bonchev–Trinajstić information content (AvgIpc) is 3.01. The van der Waals surface area contributed by atoms with Crippen molar-refractivity contribution in [2.45, 2.75) is 45.9 Å². The summed E-state index contributed by atoms with van der Waals surface area (Å²) >= 11 is 1.74. The number of aromatic nitrogens is 1. The molecule has 0 saturated carbocycles. The van der Waals surface area contributed by atoms with E-state index in [2.05, 4.69) is 34.7 Å². The van der Waals surface area contributed by atoms with E-state index < -0.39 is 0 Å². The van der Waals surface area contributed by atoms with Gasteiger partial charge < -0.3 is 15.5 Å². The van der Waals surface area contributed by atoms with Crippen LogP contribution < -0.4 is 5.32 Å². The van der Waals surface area contributed by atoms with Crippen LogP contribution in [-0.2, 0) is 13.2 Å². The minimum atomic E-state index is -0.116. The number of aromatic hydroxyl groups is 1. The molecule has 1 atom stereocenters. The van der Waals surface area contributed by atoms with Gasteiger partial charge in [-0.05, 0) is 24.8 Å². The van der Waals surface area contributed by atoms with Crippen LogP contribution in [0.3, 0.4) is 0 Å². The summed E-state index contributed by atoms with van der Waals surface area (Å²) < 4.78 is 0. The lowest BCUT2D eigenvalue weighted by Gasteiger charge is -2.19. The maximum absolute atomic E-state index is 10.2. The molecule has 4 nitrogen and oxygen atoms in total. The Labute approximate surface area is 129 Å². The van der Waals surface area contributed by atoms with Crippen molar-refractivity contribution in [1.29, 1.82) is 0 Å². The molecule has 5 heteroatoms. The number of pyridine rings is 1. The summed E-state index contributed by atoms with van der Waals surface area (Å²) in [5.74, 6) is 0.176. The molecule has 114 valence electrons. The van der Waals surface area contributed by atoms with Gasteiger partial charge in [-0.15, -0.1) is 11.3 Å². The van der Waals surface area contributed by atoms with Crippen LogP contribution in [0.2, 0.25) is 0 Å². The summed E-state index contributed by atoms with van der Waals surface area (Å²) in [5, 5.41) is 25.2. The van der Waals surface area contributed by atoms with Crippen molar-refractivity contribution in [3.8, 4) is 5.75 Å². The van der Waals surface area contributed by atoms with Gasteiger partial charge in [0, 0.05) is 34.8 Å². The Morgan fingerprint density at radius 3 is 2.86 bits per heavy atom. The lowest BCUT2D eigenvalue weighted by Crippen LogP contribution is -2.21. The van der Waals surface area contributed by atoms with Crippen molar-refractivity contribution in [2.75, 3.05) is 0 Å². The van der Waals surface area contributed by atoms with Crippen LogP contribution in [0.1, 0.15) is 47.5 Å².